The van der Waals surface area contributed by atoms with Gasteiger partial charge in [0.25, 0.3) is 0 Å². The highest BCUT2D eigenvalue weighted by Crippen LogP contribution is 2.39. The van der Waals surface area contributed by atoms with Gasteiger partial charge in [0.05, 0.1) is 25.4 Å². The number of esters is 1. The summed E-state index contributed by atoms with van der Waals surface area (Å²) in [5.74, 6) is 0.813. The van der Waals surface area contributed by atoms with E-state index in [-0.39, 0.29) is 6.61 Å². The summed E-state index contributed by atoms with van der Waals surface area (Å²) in [6.07, 6.45) is 0. The molecule has 0 aliphatic rings. The number of carbonyl (C=O) groups excluding carboxylic acids is 1. The Bertz CT molecular complexity index is 765. The van der Waals surface area contributed by atoms with Crippen molar-refractivity contribution in [1.82, 2.24) is 0 Å². The van der Waals surface area contributed by atoms with Crippen molar-refractivity contribution in [3.05, 3.63) is 51.5 Å². The molecule has 0 saturated heterocycles. The Morgan fingerprint density at radius 2 is 1.48 bits per heavy atom. The first kappa shape index (κ1) is 21.2. The SMILES string of the molecule is CCOc1cc(C(=O)OCc2ccc(Cl)cc2Cl)cc(OCC)c1OCC. The van der Waals surface area contributed by atoms with Crippen LogP contribution >= 0.6 is 23.2 Å². The smallest absolute Gasteiger partial charge is 0.338 e. The molecule has 7 heteroatoms. The molecule has 146 valence electrons. The zero-order valence-electron chi connectivity index (χ0n) is 15.5. The monoisotopic (exact) mass is 412 g/mol. The van der Waals surface area contributed by atoms with Gasteiger partial charge in [-0.25, -0.2) is 4.79 Å². The molecule has 0 spiro atoms. The van der Waals surface area contributed by atoms with Crippen molar-refractivity contribution in [1.29, 1.82) is 0 Å². The summed E-state index contributed by atoms with van der Waals surface area (Å²) in [5.41, 5.74) is 0.964. The molecule has 2 aromatic rings. The number of hydrogen-bond donors (Lipinski definition) is 0. The third kappa shape index (κ3) is 5.68. The van der Waals surface area contributed by atoms with Crippen LogP contribution in [-0.4, -0.2) is 25.8 Å². The van der Waals surface area contributed by atoms with E-state index < -0.39 is 5.97 Å². The van der Waals surface area contributed by atoms with Gasteiger partial charge in [-0.05, 0) is 45.0 Å². The van der Waals surface area contributed by atoms with E-state index in [1.165, 1.54) is 0 Å². The van der Waals surface area contributed by atoms with Crippen molar-refractivity contribution >= 4 is 29.2 Å². The van der Waals surface area contributed by atoms with Crippen LogP contribution in [0.25, 0.3) is 0 Å². The van der Waals surface area contributed by atoms with Gasteiger partial charge in [0, 0.05) is 15.6 Å². The summed E-state index contributed by atoms with van der Waals surface area (Å²) in [6.45, 7) is 6.88. The quantitative estimate of drug-likeness (QED) is 0.505. The van der Waals surface area contributed by atoms with Crippen LogP contribution in [0.3, 0.4) is 0 Å². The van der Waals surface area contributed by atoms with E-state index in [4.69, 9.17) is 42.1 Å². The zero-order valence-corrected chi connectivity index (χ0v) is 17.0. The van der Waals surface area contributed by atoms with Crippen molar-refractivity contribution in [3.63, 3.8) is 0 Å². The Morgan fingerprint density at radius 3 is 2.00 bits per heavy atom. The molecule has 0 fully saturated rings. The van der Waals surface area contributed by atoms with E-state index in [0.717, 1.165) is 0 Å². The predicted octanol–water partition coefficient (Wildman–Crippen LogP) is 5.55. The second-order valence-corrected chi connectivity index (χ2v) is 6.26. The summed E-state index contributed by atoms with van der Waals surface area (Å²) in [7, 11) is 0. The lowest BCUT2D eigenvalue weighted by Gasteiger charge is -2.17. The fourth-order valence-electron chi connectivity index (χ4n) is 2.37. The summed E-state index contributed by atoms with van der Waals surface area (Å²) in [6, 6.07) is 8.18. The lowest BCUT2D eigenvalue weighted by Crippen LogP contribution is -2.09. The summed E-state index contributed by atoms with van der Waals surface area (Å²) >= 11 is 12.0. The first-order valence-electron chi connectivity index (χ1n) is 8.67. The molecular formula is C20H22Cl2O5. The van der Waals surface area contributed by atoms with Gasteiger partial charge in [0.1, 0.15) is 6.61 Å². The molecule has 0 radical (unpaired) electrons. The first-order valence-corrected chi connectivity index (χ1v) is 9.43. The van der Waals surface area contributed by atoms with Crippen molar-refractivity contribution in [3.8, 4) is 17.2 Å². The van der Waals surface area contributed by atoms with Crippen LogP contribution in [0.5, 0.6) is 17.2 Å². The van der Waals surface area contributed by atoms with Crippen LogP contribution in [0.2, 0.25) is 10.0 Å². The Balaban J connectivity index is 2.25. The van der Waals surface area contributed by atoms with E-state index in [1.807, 2.05) is 20.8 Å². The lowest BCUT2D eigenvalue weighted by molar-refractivity contribution is 0.0471. The topological polar surface area (TPSA) is 54.0 Å². The summed E-state index contributed by atoms with van der Waals surface area (Å²) in [5, 5.41) is 0.955. The van der Waals surface area contributed by atoms with Crippen LogP contribution in [-0.2, 0) is 11.3 Å². The van der Waals surface area contributed by atoms with Crippen LogP contribution in [0, 0.1) is 0 Å². The van der Waals surface area contributed by atoms with Gasteiger partial charge in [-0.3, -0.25) is 0 Å². The van der Waals surface area contributed by atoms with Crippen molar-refractivity contribution < 1.29 is 23.7 Å². The van der Waals surface area contributed by atoms with Crippen molar-refractivity contribution in [2.75, 3.05) is 19.8 Å². The number of ether oxygens (including phenoxy) is 4. The highest BCUT2D eigenvalue weighted by Gasteiger charge is 2.19. The highest BCUT2D eigenvalue weighted by molar-refractivity contribution is 6.35. The third-order valence-electron chi connectivity index (χ3n) is 3.52. The summed E-state index contributed by atoms with van der Waals surface area (Å²) < 4.78 is 22.2. The van der Waals surface area contributed by atoms with Gasteiger partial charge in [-0.1, -0.05) is 29.3 Å². The normalized spacial score (nSPS) is 10.4. The minimum absolute atomic E-state index is 0.0238. The zero-order chi connectivity index (χ0) is 19.8. The maximum absolute atomic E-state index is 12.5. The number of benzene rings is 2. The number of halogens is 2. The van der Waals surface area contributed by atoms with Crippen molar-refractivity contribution in [2.24, 2.45) is 0 Å². The molecule has 2 rings (SSSR count). The van der Waals surface area contributed by atoms with Crippen LogP contribution in [0.15, 0.2) is 30.3 Å². The molecule has 0 aliphatic heterocycles. The molecule has 27 heavy (non-hydrogen) atoms. The molecule has 2 aromatic carbocycles. The van der Waals surface area contributed by atoms with Crippen LogP contribution in [0.1, 0.15) is 36.7 Å². The predicted molar refractivity (Wildman–Crippen MR) is 106 cm³/mol. The molecule has 0 aromatic heterocycles. The van der Waals surface area contributed by atoms with Gasteiger partial charge in [0.15, 0.2) is 11.5 Å². The average Bonchev–Trinajstić information content (AvgIpc) is 2.63. The second kappa shape index (κ2) is 10.3. The van der Waals surface area contributed by atoms with E-state index in [2.05, 4.69) is 0 Å². The molecule has 0 unspecified atom stereocenters. The molecule has 0 amide bonds. The maximum Gasteiger partial charge on any atom is 0.338 e. The first-order chi connectivity index (χ1) is 13.0. The Kier molecular flexibility index (Phi) is 8.07. The van der Waals surface area contributed by atoms with Gasteiger partial charge in [-0.2, -0.15) is 0 Å². The van der Waals surface area contributed by atoms with Crippen LogP contribution in [0.4, 0.5) is 0 Å². The number of hydrogen-bond acceptors (Lipinski definition) is 5. The Labute approximate surface area is 169 Å². The van der Waals surface area contributed by atoms with Gasteiger partial charge in [0.2, 0.25) is 5.75 Å². The molecule has 0 N–H and O–H groups in total. The number of rotatable bonds is 9. The maximum atomic E-state index is 12.5. The largest absolute Gasteiger partial charge is 0.490 e. The molecule has 0 atom stereocenters. The minimum Gasteiger partial charge on any atom is -0.490 e. The lowest BCUT2D eigenvalue weighted by atomic mass is 10.1. The molecule has 0 bridgehead atoms. The van der Waals surface area contributed by atoms with Crippen molar-refractivity contribution in [2.45, 2.75) is 27.4 Å². The molecule has 5 nitrogen and oxygen atoms in total. The molecule has 0 aliphatic carbocycles. The standard InChI is InChI=1S/C20H22Cl2O5/c1-4-24-17-9-14(10-18(25-5-2)19(17)26-6-3)20(23)27-12-13-7-8-15(21)11-16(13)22/h7-11H,4-6,12H2,1-3H3. The van der Waals surface area contributed by atoms with E-state index in [0.29, 0.717) is 58.2 Å². The molecule has 0 saturated carbocycles. The highest BCUT2D eigenvalue weighted by atomic mass is 35.5. The minimum atomic E-state index is -0.522. The van der Waals surface area contributed by atoms with Gasteiger partial charge >= 0.3 is 5.97 Å². The van der Waals surface area contributed by atoms with Gasteiger partial charge < -0.3 is 18.9 Å². The fraction of sp³-hybridized carbons (Fsp3) is 0.350. The molecule has 0 heterocycles. The summed E-state index contributed by atoms with van der Waals surface area (Å²) in [4.78, 5) is 12.5. The van der Waals surface area contributed by atoms with E-state index >= 15 is 0 Å². The molecular weight excluding hydrogens is 391 g/mol. The van der Waals surface area contributed by atoms with Gasteiger partial charge in [-0.15, -0.1) is 0 Å². The Hall–Kier alpha value is -2.11. The van der Waals surface area contributed by atoms with E-state index in [9.17, 15) is 4.79 Å². The average molecular weight is 413 g/mol. The third-order valence-corrected chi connectivity index (χ3v) is 4.11. The number of carbonyl (C=O) groups is 1. The Morgan fingerprint density at radius 1 is 0.889 bits per heavy atom. The second-order valence-electron chi connectivity index (χ2n) is 5.41. The fourth-order valence-corrected chi connectivity index (χ4v) is 2.83. The van der Waals surface area contributed by atoms with E-state index in [1.54, 1.807) is 30.3 Å². The van der Waals surface area contributed by atoms with Crippen LogP contribution < -0.4 is 14.2 Å².